The summed E-state index contributed by atoms with van der Waals surface area (Å²) in [5.41, 5.74) is 0. The van der Waals surface area contributed by atoms with Gasteiger partial charge >= 0.3 is 0 Å². The third-order valence-corrected chi connectivity index (χ3v) is 3.37. The Kier molecular flexibility index (Phi) is 4.03. The topological polar surface area (TPSA) is 103 Å². The molecule has 0 amide bonds. The number of sulfonamides is 1. The van der Waals surface area contributed by atoms with Gasteiger partial charge in [-0.15, -0.1) is 0 Å². The Morgan fingerprint density at radius 1 is 1.53 bits per heavy atom. The summed E-state index contributed by atoms with van der Waals surface area (Å²) >= 11 is 0. The van der Waals surface area contributed by atoms with Crippen LogP contribution < -0.4 is 10.5 Å². The van der Waals surface area contributed by atoms with Crippen molar-refractivity contribution in [1.29, 1.82) is 0 Å². The molecule has 3 N–H and O–H groups in total. The molecule has 0 aromatic carbocycles. The maximum Gasteiger partial charge on any atom is 0.271 e. The second kappa shape index (κ2) is 5.55. The van der Waals surface area contributed by atoms with Crippen LogP contribution in [0.5, 0.6) is 0 Å². The fraction of sp³-hybridized carbons (Fsp3) is 0.364. The van der Waals surface area contributed by atoms with Crippen LogP contribution in [0.4, 0.5) is 0 Å². The smallest absolute Gasteiger partial charge is 0.271 e. The first-order valence-corrected chi connectivity index (χ1v) is 7.30. The van der Waals surface area contributed by atoms with Crippen LogP contribution in [-0.2, 0) is 23.1 Å². The predicted molar refractivity (Wildman–Crippen MR) is 68.6 cm³/mol. The van der Waals surface area contributed by atoms with E-state index in [0.29, 0.717) is 12.3 Å². The van der Waals surface area contributed by atoms with Crippen molar-refractivity contribution >= 4 is 10.0 Å². The molecule has 0 radical (unpaired) electrons. The van der Waals surface area contributed by atoms with Gasteiger partial charge in [0.1, 0.15) is 5.76 Å². The van der Waals surface area contributed by atoms with Crippen LogP contribution >= 0.6 is 0 Å². The van der Waals surface area contributed by atoms with E-state index in [0.717, 1.165) is 6.54 Å². The molecule has 8 heteroatoms. The first-order valence-electron chi connectivity index (χ1n) is 5.76. The molecule has 2 heterocycles. The molecule has 2 rings (SSSR count). The highest BCUT2D eigenvalue weighted by Gasteiger charge is 2.13. The largest absolute Gasteiger partial charge is 0.447 e. The summed E-state index contributed by atoms with van der Waals surface area (Å²) in [6, 6.07) is 3.14. The number of rotatable bonds is 6. The normalized spacial score (nSPS) is 13.6. The molecule has 0 bridgehead atoms. The number of furan rings is 1. The summed E-state index contributed by atoms with van der Waals surface area (Å²) in [7, 11) is -3.77. The molecule has 104 valence electrons. The molecule has 19 heavy (non-hydrogen) atoms. The van der Waals surface area contributed by atoms with Crippen LogP contribution in [0.2, 0.25) is 0 Å². The Labute approximate surface area is 111 Å². The van der Waals surface area contributed by atoms with Crippen LogP contribution in [-0.4, -0.2) is 24.0 Å². The highest BCUT2D eigenvalue weighted by Crippen LogP contribution is 2.12. The summed E-state index contributed by atoms with van der Waals surface area (Å²) in [4.78, 5) is 3.96. The fourth-order valence-corrected chi connectivity index (χ4v) is 2.14. The minimum Gasteiger partial charge on any atom is -0.447 e. The number of hydrogen-bond acceptors (Lipinski definition) is 5. The van der Waals surface area contributed by atoms with E-state index in [1.807, 2.05) is 17.7 Å². The quantitative estimate of drug-likeness (QED) is 0.794. The van der Waals surface area contributed by atoms with Crippen LogP contribution in [0, 0.1) is 0 Å². The number of nitrogens with one attached hydrogen (secondary N) is 1. The first kappa shape index (κ1) is 13.8. The zero-order valence-electron chi connectivity index (χ0n) is 10.5. The van der Waals surface area contributed by atoms with Gasteiger partial charge in [-0.25, -0.2) is 18.5 Å². The molecule has 2 aromatic heterocycles. The number of primary sulfonamides is 1. The number of hydrogen-bond donors (Lipinski definition) is 2. The van der Waals surface area contributed by atoms with Crippen LogP contribution in [0.15, 0.2) is 40.4 Å². The van der Waals surface area contributed by atoms with Crippen LogP contribution in [0.25, 0.3) is 0 Å². The molecule has 7 nitrogen and oxygen atoms in total. The number of imidazole rings is 1. The standard InChI is InChI=1S/C11H16N4O3S/c1-9(7-15-5-4-13-8-15)14-6-10-2-3-11(18-10)19(12,16)17/h2-5,8-9,14H,6-7H2,1H3,(H2,12,16,17). The molecule has 0 aliphatic heterocycles. The molecule has 2 aromatic rings. The molecule has 0 saturated heterocycles. The highest BCUT2D eigenvalue weighted by atomic mass is 32.2. The van der Waals surface area contributed by atoms with E-state index in [1.54, 1.807) is 18.6 Å². The molecular weight excluding hydrogens is 268 g/mol. The van der Waals surface area contributed by atoms with E-state index in [4.69, 9.17) is 9.56 Å². The van der Waals surface area contributed by atoms with Crippen molar-refractivity contribution < 1.29 is 12.8 Å². The van der Waals surface area contributed by atoms with Gasteiger partial charge in [-0.3, -0.25) is 0 Å². The van der Waals surface area contributed by atoms with Crippen molar-refractivity contribution in [2.75, 3.05) is 0 Å². The van der Waals surface area contributed by atoms with Gasteiger partial charge < -0.3 is 14.3 Å². The zero-order valence-corrected chi connectivity index (χ0v) is 11.3. The minimum atomic E-state index is -3.77. The third kappa shape index (κ3) is 3.91. The van der Waals surface area contributed by atoms with Gasteiger partial charge in [-0.05, 0) is 19.1 Å². The van der Waals surface area contributed by atoms with Gasteiger partial charge in [0, 0.05) is 25.0 Å². The third-order valence-electron chi connectivity index (χ3n) is 2.59. The van der Waals surface area contributed by atoms with Gasteiger partial charge in [-0.1, -0.05) is 0 Å². The average molecular weight is 284 g/mol. The molecule has 1 unspecified atom stereocenters. The molecule has 1 atom stereocenters. The molecule has 0 saturated carbocycles. The van der Waals surface area contributed by atoms with E-state index in [1.165, 1.54) is 6.07 Å². The van der Waals surface area contributed by atoms with Crippen molar-refractivity contribution in [3.05, 3.63) is 36.6 Å². The lowest BCUT2D eigenvalue weighted by atomic mass is 10.3. The van der Waals surface area contributed by atoms with Crippen molar-refractivity contribution in [3.8, 4) is 0 Å². The number of aromatic nitrogens is 2. The molecular formula is C11H16N4O3S. The van der Waals surface area contributed by atoms with Gasteiger partial charge in [0.15, 0.2) is 0 Å². The lowest BCUT2D eigenvalue weighted by Gasteiger charge is -2.13. The SMILES string of the molecule is CC(Cn1ccnc1)NCc1ccc(S(N)(=O)=O)o1. The molecule has 0 aliphatic carbocycles. The maximum absolute atomic E-state index is 11.0. The number of nitrogens with zero attached hydrogens (tertiary/aromatic N) is 2. The second-order valence-electron chi connectivity index (χ2n) is 4.31. The van der Waals surface area contributed by atoms with Crippen LogP contribution in [0.3, 0.4) is 0 Å². The van der Waals surface area contributed by atoms with Gasteiger partial charge in [0.25, 0.3) is 10.0 Å². The van der Waals surface area contributed by atoms with E-state index in [9.17, 15) is 8.42 Å². The second-order valence-corrected chi connectivity index (χ2v) is 5.80. The first-order chi connectivity index (χ1) is 8.95. The summed E-state index contributed by atoms with van der Waals surface area (Å²) in [5.74, 6) is 0.529. The Morgan fingerprint density at radius 2 is 2.32 bits per heavy atom. The lowest BCUT2D eigenvalue weighted by molar-refractivity contribution is 0.383. The van der Waals surface area contributed by atoms with Crippen molar-refractivity contribution in [2.24, 2.45) is 5.14 Å². The van der Waals surface area contributed by atoms with Crippen molar-refractivity contribution in [3.63, 3.8) is 0 Å². The number of nitrogens with two attached hydrogens (primary N) is 1. The van der Waals surface area contributed by atoms with Crippen LogP contribution in [0.1, 0.15) is 12.7 Å². The minimum absolute atomic E-state index is 0.192. The van der Waals surface area contributed by atoms with E-state index < -0.39 is 10.0 Å². The highest BCUT2D eigenvalue weighted by molar-refractivity contribution is 7.89. The van der Waals surface area contributed by atoms with Gasteiger partial charge in [-0.2, -0.15) is 0 Å². The maximum atomic E-state index is 11.0. The Morgan fingerprint density at radius 3 is 2.89 bits per heavy atom. The summed E-state index contributed by atoms with van der Waals surface area (Å²) < 4.78 is 29.2. The van der Waals surface area contributed by atoms with E-state index in [2.05, 4.69) is 10.3 Å². The Bertz CT molecular complexity index is 618. The van der Waals surface area contributed by atoms with E-state index >= 15 is 0 Å². The average Bonchev–Trinajstić information content (AvgIpc) is 2.95. The molecule has 0 fully saturated rings. The van der Waals surface area contributed by atoms with Gasteiger partial charge in [0.05, 0.1) is 12.9 Å². The Hall–Kier alpha value is -1.64. The molecule has 0 spiro atoms. The Balaban J connectivity index is 1.87. The summed E-state index contributed by atoms with van der Waals surface area (Å²) in [6.45, 7) is 3.22. The molecule has 0 aliphatic rings. The van der Waals surface area contributed by atoms with Gasteiger partial charge in [0.2, 0.25) is 5.09 Å². The summed E-state index contributed by atoms with van der Waals surface area (Å²) in [6.07, 6.45) is 5.34. The monoisotopic (exact) mass is 284 g/mol. The van der Waals surface area contributed by atoms with Crippen molar-refractivity contribution in [1.82, 2.24) is 14.9 Å². The zero-order chi connectivity index (χ0) is 13.9. The van der Waals surface area contributed by atoms with Crippen molar-refractivity contribution in [2.45, 2.75) is 31.1 Å². The fourth-order valence-electron chi connectivity index (χ4n) is 1.66. The van der Waals surface area contributed by atoms with E-state index in [-0.39, 0.29) is 11.1 Å². The predicted octanol–water partition coefficient (Wildman–Crippen LogP) is 0.302. The lowest BCUT2D eigenvalue weighted by Crippen LogP contribution is -2.29. The summed E-state index contributed by atoms with van der Waals surface area (Å²) in [5, 5.41) is 7.97.